The fourth-order valence-electron chi connectivity index (χ4n) is 2.86. The minimum Gasteiger partial charge on any atom is -0.362 e. The molecule has 0 fully saturated rings. The van der Waals surface area contributed by atoms with Crippen molar-refractivity contribution in [2.24, 2.45) is 5.73 Å². The Balaban J connectivity index is 2.23. The molecular weight excluding hydrogens is 260 g/mol. The fourth-order valence-corrected chi connectivity index (χ4v) is 2.86. The highest BCUT2D eigenvalue weighted by atomic mass is 16.1. The second kappa shape index (κ2) is 5.54. The quantitative estimate of drug-likeness (QED) is 0.858. The average molecular weight is 278 g/mol. The van der Waals surface area contributed by atoms with Crippen molar-refractivity contribution in [1.82, 2.24) is 0 Å². The van der Waals surface area contributed by atoms with Crippen LogP contribution in [0, 0.1) is 0 Å². The number of hydrogen-bond acceptors (Lipinski definition) is 3. The molecule has 1 aliphatic heterocycles. The van der Waals surface area contributed by atoms with Crippen LogP contribution < -0.4 is 10.6 Å². The number of para-hydroxylation sites is 1. The van der Waals surface area contributed by atoms with Gasteiger partial charge in [0.15, 0.2) is 0 Å². The lowest BCUT2D eigenvalue weighted by Gasteiger charge is -2.28. The zero-order valence-electron chi connectivity index (χ0n) is 11.9. The van der Waals surface area contributed by atoms with Crippen molar-refractivity contribution in [1.29, 1.82) is 0 Å². The van der Waals surface area contributed by atoms with Gasteiger partial charge in [0.1, 0.15) is 12.3 Å². The van der Waals surface area contributed by atoms with Crippen molar-refractivity contribution in [3.05, 3.63) is 71.8 Å². The molecule has 0 aliphatic carbocycles. The molecule has 0 bridgehead atoms. The van der Waals surface area contributed by atoms with E-state index in [0.29, 0.717) is 0 Å². The lowest BCUT2D eigenvalue weighted by molar-refractivity contribution is -0.109. The summed E-state index contributed by atoms with van der Waals surface area (Å²) in [6.45, 7) is 0. The van der Waals surface area contributed by atoms with Crippen LogP contribution in [0.25, 0.3) is 5.57 Å². The van der Waals surface area contributed by atoms with E-state index in [9.17, 15) is 4.79 Å². The molecule has 3 nitrogen and oxygen atoms in total. The van der Waals surface area contributed by atoms with Crippen LogP contribution >= 0.6 is 0 Å². The highest BCUT2D eigenvalue weighted by molar-refractivity contribution is 5.89. The normalized spacial score (nSPS) is 21.2. The monoisotopic (exact) mass is 278 g/mol. The molecule has 2 unspecified atom stereocenters. The number of anilines is 1. The van der Waals surface area contributed by atoms with E-state index in [0.717, 1.165) is 28.7 Å². The second-order valence-electron chi connectivity index (χ2n) is 5.28. The Morgan fingerprint density at radius 2 is 1.71 bits per heavy atom. The van der Waals surface area contributed by atoms with Crippen molar-refractivity contribution < 1.29 is 4.79 Å². The third kappa shape index (κ3) is 2.36. The molecule has 1 aliphatic rings. The summed E-state index contributed by atoms with van der Waals surface area (Å²) in [6.07, 6.45) is 2.92. The Kier molecular flexibility index (Phi) is 3.59. The number of hydrogen-bond donors (Lipinski definition) is 1. The van der Waals surface area contributed by atoms with E-state index in [4.69, 9.17) is 5.73 Å². The molecule has 0 spiro atoms. The summed E-state index contributed by atoms with van der Waals surface area (Å²) in [5, 5.41) is 0. The molecule has 2 aromatic rings. The summed E-state index contributed by atoms with van der Waals surface area (Å²) in [5.41, 5.74) is 10.6. The first-order valence-corrected chi connectivity index (χ1v) is 7.02. The molecule has 1 heterocycles. The first kappa shape index (κ1) is 13.6. The van der Waals surface area contributed by atoms with E-state index >= 15 is 0 Å². The fraction of sp³-hybridized carbons (Fsp3) is 0.167. The van der Waals surface area contributed by atoms with Crippen molar-refractivity contribution >= 4 is 17.5 Å². The molecule has 0 saturated carbocycles. The third-order valence-corrected chi connectivity index (χ3v) is 4.00. The van der Waals surface area contributed by atoms with Crippen LogP contribution in [0.2, 0.25) is 0 Å². The minimum atomic E-state index is -0.354. The number of nitrogens with two attached hydrogens (primary N) is 1. The van der Waals surface area contributed by atoms with Gasteiger partial charge < -0.3 is 15.4 Å². The second-order valence-corrected chi connectivity index (χ2v) is 5.28. The van der Waals surface area contributed by atoms with Crippen LogP contribution in [-0.2, 0) is 4.79 Å². The maximum atomic E-state index is 11.4. The summed E-state index contributed by atoms with van der Waals surface area (Å²) in [6, 6.07) is 17.5. The van der Waals surface area contributed by atoms with Crippen LogP contribution in [0.4, 0.5) is 5.69 Å². The molecule has 2 N–H and O–H groups in total. The number of fused-ring (bicyclic) bond motifs is 1. The van der Waals surface area contributed by atoms with E-state index in [1.54, 1.807) is 0 Å². The first-order chi connectivity index (χ1) is 10.2. The number of carbonyl (C=O) groups excluding carboxylic acids is 1. The van der Waals surface area contributed by atoms with E-state index in [-0.39, 0.29) is 12.1 Å². The largest absolute Gasteiger partial charge is 0.362 e. The van der Waals surface area contributed by atoms with Crippen LogP contribution in [0.5, 0.6) is 0 Å². The van der Waals surface area contributed by atoms with Crippen LogP contribution in [0.1, 0.15) is 11.1 Å². The van der Waals surface area contributed by atoms with Crippen molar-refractivity contribution in [3.8, 4) is 0 Å². The van der Waals surface area contributed by atoms with Gasteiger partial charge in [0, 0.05) is 18.3 Å². The van der Waals surface area contributed by atoms with Gasteiger partial charge in [-0.1, -0.05) is 54.6 Å². The predicted molar refractivity (Wildman–Crippen MR) is 86.2 cm³/mol. The molecule has 2 atom stereocenters. The van der Waals surface area contributed by atoms with Crippen LogP contribution in [-0.4, -0.2) is 25.4 Å². The summed E-state index contributed by atoms with van der Waals surface area (Å²) >= 11 is 0. The smallest absolute Gasteiger partial charge is 0.144 e. The molecule has 3 heteroatoms. The lowest BCUT2D eigenvalue weighted by Crippen LogP contribution is -2.45. The molecule has 0 saturated heterocycles. The highest BCUT2D eigenvalue weighted by Crippen LogP contribution is 2.35. The number of carbonyl (C=O) groups is 1. The summed E-state index contributed by atoms with van der Waals surface area (Å²) in [7, 11) is 1.92. The summed E-state index contributed by atoms with van der Waals surface area (Å²) in [5.74, 6) is 0. The number of rotatable bonds is 2. The predicted octanol–water partition coefficient (Wildman–Crippen LogP) is 2.46. The topological polar surface area (TPSA) is 46.3 Å². The Morgan fingerprint density at radius 3 is 2.43 bits per heavy atom. The minimum absolute atomic E-state index is 0.338. The summed E-state index contributed by atoms with van der Waals surface area (Å²) < 4.78 is 0. The first-order valence-electron chi connectivity index (χ1n) is 7.02. The maximum absolute atomic E-state index is 11.4. The van der Waals surface area contributed by atoms with Crippen molar-refractivity contribution in [2.45, 2.75) is 12.1 Å². The number of benzene rings is 2. The van der Waals surface area contributed by atoms with Gasteiger partial charge in [-0.2, -0.15) is 0 Å². The van der Waals surface area contributed by atoms with Gasteiger partial charge in [0.25, 0.3) is 0 Å². The average Bonchev–Trinajstić information content (AvgIpc) is 2.64. The third-order valence-electron chi connectivity index (χ3n) is 4.00. The van der Waals surface area contributed by atoms with Crippen molar-refractivity contribution in [3.63, 3.8) is 0 Å². The van der Waals surface area contributed by atoms with Gasteiger partial charge in [-0.25, -0.2) is 0 Å². The molecular formula is C18H18N2O. The Morgan fingerprint density at radius 1 is 1.05 bits per heavy atom. The Hall–Kier alpha value is -2.39. The molecule has 3 rings (SSSR count). The highest BCUT2D eigenvalue weighted by Gasteiger charge is 2.27. The summed E-state index contributed by atoms with van der Waals surface area (Å²) in [4.78, 5) is 13.4. The number of likely N-dealkylation sites (N-methyl/N-ethyl adjacent to an activating group) is 1. The Labute approximate surface area is 124 Å². The molecule has 0 aromatic heterocycles. The molecule has 0 radical (unpaired) electrons. The zero-order valence-corrected chi connectivity index (χ0v) is 11.9. The Bertz CT molecular complexity index is 679. The van der Waals surface area contributed by atoms with Gasteiger partial charge >= 0.3 is 0 Å². The van der Waals surface area contributed by atoms with Gasteiger partial charge in [0.05, 0.1) is 6.04 Å². The number of aldehydes is 1. The van der Waals surface area contributed by atoms with Gasteiger partial charge in [0.2, 0.25) is 0 Å². The van der Waals surface area contributed by atoms with Gasteiger partial charge in [-0.15, -0.1) is 0 Å². The van der Waals surface area contributed by atoms with E-state index < -0.39 is 0 Å². The molecule has 21 heavy (non-hydrogen) atoms. The maximum Gasteiger partial charge on any atom is 0.144 e. The molecule has 2 aromatic carbocycles. The lowest BCUT2D eigenvalue weighted by atomic mass is 9.95. The standard InChI is InChI=1S/C18H18N2O/c1-20-17-10-6-5-9-14(17)15(11-16(19)18(20)12-21)13-7-3-2-4-8-13/h2-12,16,18H,19H2,1H3. The number of nitrogens with zero attached hydrogens (tertiary/aromatic N) is 1. The van der Waals surface area contributed by atoms with E-state index in [1.165, 1.54) is 0 Å². The van der Waals surface area contributed by atoms with Gasteiger partial charge in [-0.3, -0.25) is 0 Å². The molecule has 0 amide bonds. The van der Waals surface area contributed by atoms with Crippen molar-refractivity contribution in [2.75, 3.05) is 11.9 Å². The van der Waals surface area contributed by atoms with E-state index in [2.05, 4.69) is 18.2 Å². The van der Waals surface area contributed by atoms with Crippen LogP contribution in [0.3, 0.4) is 0 Å². The molecule has 106 valence electrons. The van der Waals surface area contributed by atoms with Crippen LogP contribution in [0.15, 0.2) is 60.7 Å². The zero-order chi connectivity index (χ0) is 14.8. The van der Waals surface area contributed by atoms with Gasteiger partial charge in [-0.05, 0) is 17.2 Å². The SMILES string of the molecule is CN1c2ccccc2C(c2ccccc2)=CC(N)C1C=O. The van der Waals surface area contributed by atoms with E-state index in [1.807, 2.05) is 54.4 Å².